The van der Waals surface area contributed by atoms with E-state index in [1.165, 1.54) is 0 Å². The van der Waals surface area contributed by atoms with Gasteiger partial charge in [-0.15, -0.1) is 12.4 Å². The van der Waals surface area contributed by atoms with E-state index in [1.54, 1.807) is 23.1 Å². The molecule has 0 spiro atoms. The van der Waals surface area contributed by atoms with E-state index in [0.717, 1.165) is 0 Å². The summed E-state index contributed by atoms with van der Waals surface area (Å²) in [5.41, 5.74) is 5.85. The van der Waals surface area contributed by atoms with Crippen LogP contribution < -0.4 is 15.8 Å². The number of nitrogens with one attached hydrogen (secondary N) is 1. The van der Waals surface area contributed by atoms with Gasteiger partial charge in [0.1, 0.15) is 12.4 Å². The van der Waals surface area contributed by atoms with Gasteiger partial charge in [-0.1, -0.05) is 11.6 Å². The molecule has 7 nitrogen and oxygen atoms in total. The summed E-state index contributed by atoms with van der Waals surface area (Å²) >= 11 is 6.05. The van der Waals surface area contributed by atoms with E-state index in [4.69, 9.17) is 26.8 Å². The van der Waals surface area contributed by atoms with Crippen molar-refractivity contribution in [2.75, 3.05) is 39.5 Å². The molecular formula is C16H21Cl2N3O4. The van der Waals surface area contributed by atoms with Crippen LogP contribution in [-0.2, 0) is 9.53 Å². The number of amides is 2. The number of halogens is 2. The number of fused-ring (bicyclic) bond motifs is 3. The molecule has 0 aromatic heterocycles. The molecule has 1 aromatic carbocycles. The lowest BCUT2D eigenvalue weighted by Crippen LogP contribution is -2.44. The van der Waals surface area contributed by atoms with Gasteiger partial charge in [0, 0.05) is 24.7 Å². The van der Waals surface area contributed by atoms with Gasteiger partial charge in [-0.25, -0.2) is 0 Å². The zero-order valence-corrected chi connectivity index (χ0v) is 15.1. The first kappa shape index (κ1) is 19.8. The molecule has 2 amide bonds. The van der Waals surface area contributed by atoms with E-state index in [9.17, 15) is 9.59 Å². The Morgan fingerprint density at radius 2 is 2.20 bits per heavy atom. The van der Waals surface area contributed by atoms with Crippen LogP contribution in [-0.4, -0.2) is 62.2 Å². The molecule has 2 saturated heterocycles. The summed E-state index contributed by atoms with van der Waals surface area (Å²) in [6, 6.07) is 4.71. The second kappa shape index (κ2) is 8.71. The number of nitrogens with two attached hydrogens (primary N) is 1. The Bertz CT molecular complexity index is 644. The highest BCUT2D eigenvalue weighted by molar-refractivity contribution is 6.31. The number of rotatable bonds is 4. The summed E-state index contributed by atoms with van der Waals surface area (Å²) in [7, 11) is 0. The van der Waals surface area contributed by atoms with Crippen LogP contribution in [0.2, 0.25) is 5.02 Å². The zero-order valence-electron chi connectivity index (χ0n) is 13.6. The highest BCUT2D eigenvalue weighted by atomic mass is 35.5. The monoisotopic (exact) mass is 389 g/mol. The summed E-state index contributed by atoms with van der Waals surface area (Å²) in [4.78, 5) is 26.7. The van der Waals surface area contributed by atoms with Crippen molar-refractivity contribution >= 4 is 35.8 Å². The highest BCUT2D eigenvalue weighted by Crippen LogP contribution is 2.26. The quantitative estimate of drug-likeness (QED) is 0.789. The van der Waals surface area contributed by atoms with Gasteiger partial charge >= 0.3 is 0 Å². The summed E-state index contributed by atoms with van der Waals surface area (Å²) < 4.78 is 11.0. The first-order valence-corrected chi connectivity index (χ1v) is 8.26. The molecule has 2 fully saturated rings. The van der Waals surface area contributed by atoms with Crippen LogP contribution in [0.25, 0.3) is 0 Å². The largest absolute Gasteiger partial charge is 0.491 e. The van der Waals surface area contributed by atoms with E-state index in [1.807, 2.05) is 0 Å². The van der Waals surface area contributed by atoms with Crippen LogP contribution in [0.5, 0.6) is 5.75 Å². The molecule has 138 valence electrons. The minimum Gasteiger partial charge on any atom is -0.491 e. The van der Waals surface area contributed by atoms with Crippen LogP contribution >= 0.6 is 24.0 Å². The Morgan fingerprint density at radius 1 is 1.40 bits per heavy atom. The first-order valence-electron chi connectivity index (χ1n) is 7.88. The van der Waals surface area contributed by atoms with Crippen molar-refractivity contribution in [3.8, 4) is 5.75 Å². The van der Waals surface area contributed by atoms with Crippen molar-refractivity contribution in [3.63, 3.8) is 0 Å². The van der Waals surface area contributed by atoms with Crippen LogP contribution in [0, 0.1) is 5.92 Å². The molecule has 2 aliphatic rings. The third-order valence-electron chi connectivity index (χ3n) is 4.07. The van der Waals surface area contributed by atoms with Gasteiger partial charge in [0.05, 0.1) is 30.7 Å². The lowest BCUT2D eigenvalue weighted by Gasteiger charge is -2.28. The number of hydrogen-bond acceptors (Lipinski definition) is 5. The van der Waals surface area contributed by atoms with Gasteiger partial charge in [0.15, 0.2) is 0 Å². The molecule has 2 bridgehead atoms. The molecule has 2 atom stereocenters. The summed E-state index contributed by atoms with van der Waals surface area (Å²) in [6.45, 7) is 2.07. The van der Waals surface area contributed by atoms with Gasteiger partial charge in [0.25, 0.3) is 5.91 Å². The van der Waals surface area contributed by atoms with E-state index in [0.29, 0.717) is 55.8 Å². The fourth-order valence-electron chi connectivity index (χ4n) is 2.93. The molecule has 0 aliphatic carbocycles. The second-order valence-electron chi connectivity index (χ2n) is 5.93. The van der Waals surface area contributed by atoms with Crippen molar-refractivity contribution in [1.29, 1.82) is 0 Å². The molecular weight excluding hydrogens is 369 g/mol. The van der Waals surface area contributed by atoms with E-state index < -0.39 is 0 Å². The van der Waals surface area contributed by atoms with Crippen molar-refractivity contribution in [1.82, 2.24) is 10.2 Å². The Morgan fingerprint density at radius 3 is 2.96 bits per heavy atom. The van der Waals surface area contributed by atoms with Crippen molar-refractivity contribution in [3.05, 3.63) is 28.8 Å². The number of ether oxygens (including phenoxy) is 2. The predicted octanol–water partition coefficient (Wildman–Crippen LogP) is 0.686. The van der Waals surface area contributed by atoms with Crippen LogP contribution in [0.4, 0.5) is 0 Å². The van der Waals surface area contributed by atoms with E-state index in [2.05, 4.69) is 5.32 Å². The number of carbonyl (C=O) groups is 2. The number of benzene rings is 1. The van der Waals surface area contributed by atoms with E-state index >= 15 is 0 Å². The normalized spacial score (nSPS) is 22.5. The molecule has 9 heteroatoms. The average molecular weight is 390 g/mol. The van der Waals surface area contributed by atoms with Crippen LogP contribution in [0.15, 0.2) is 18.2 Å². The Hall–Kier alpha value is -1.54. The predicted molar refractivity (Wildman–Crippen MR) is 95.4 cm³/mol. The summed E-state index contributed by atoms with van der Waals surface area (Å²) in [6.07, 6.45) is 0. The summed E-state index contributed by atoms with van der Waals surface area (Å²) in [5.74, 6) is -0.203. The maximum Gasteiger partial charge on any atom is 0.257 e. The fourth-order valence-corrected chi connectivity index (χ4v) is 3.10. The molecule has 3 N–H and O–H groups in total. The smallest absolute Gasteiger partial charge is 0.257 e. The standard InChI is InChI=1S/C16H20ClN3O4.ClH/c17-11-1-2-14(24-4-3-18)13(5-11)16(22)20-6-10-8-23-9-12(7-20)19-15(10)21;/h1-2,5,10,12H,3-4,6-9,18H2,(H,19,21);1H/t10-,12+;/m1./s1. The number of carbonyl (C=O) groups excluding carboxylic acids is 2. The van der Waals surface area contributed by atoms with Gasteiger partial charge in [-0.2, -0.15) is 0 Å². The molecule has 0 radical (unpaired) electrons. The van der Waals surface area contributed by atoms with Gasteiger partial charge < -0.3 is 25.4 Å². The van der Waals surface area contributed by atoms with Crippen LogP contribution in [0.1, 0.15) is 10.4 Å². The maximum absolute atomic E-state index is 13.0. The molecule has 0 saturated carbocycles. The average Bonchev–Trinajstić information content (AvgIpc) is 2.81. The van der Waals surface area contributed by atoms with Crippen molar-refractivity contribution in [2.45, 2.75) is 6.04 Å². The minimum atomic E-state index is -0.367. The molecule has 0 unspecified atom stereocenters. The number of hydrogen-bond donors (Lipinski definition) is 2. The second-order valence-corrected chi connectivity index (χ2v) is 6.36. The van der Waals surface area contributed by atoms with Gasteiger partial charge in [-0.05, 0) is 18.2 Å². The van der Waals surface area contributed by atoms with Crippen molar-refractivity contribution in [2.24, 2.45) is 11.7 Å². The van der Waals surface area contributed by atoms with E-state index in [-0.39, 0.29) is 36.2 Å². The third kappa shape index (κ3) is 4.55. The molecule has 25 heavy (non-hydrogen) atoms. The Labute approximate surface area is 157 Å². The lowest BCUT2D eigenvalue weighted by molar-refractivity contribution is -0.125. The third-order valence-corrected chi connectivity index (χ3v) is 4.31. The molecule has 2 heterocycles. The highest BCUT2D eigenvalue weighted by Gasteiger charge is 2.36. The van der Waals surface area contributed by atoms with Crippen LogP contribution in [0.3, 0.4) is 0 Å². The fraction of sp³-hybridized carbons (Fsp3) is 0.500. The maximum atomic E-state index is 13.0. The van der Waals surface area contributed by atoms with Gasteiger partial charge in [0.2, 0.25) is 5.91 Å². The van der Waals surface area contributed by atoms with Gasteiger partial charge in [-0.3, -0.25) is 9.59 Å². The molecule has 3 rings (SSSR count). The lowest BCUT2D eigenvalue weighted by atomic mass is 10.1. The van der Waals surface area contributed by atoms with Crippen molar-refractivity contribution < 1.29 is 19.1 Å². The topological polar surface area (TPSA) is 93.9 Å². The Balaban J connectivity index is 0.00000225. The first-order chi connectivity index (χ1) is 11.6. The molecule has 1 aromatic rings. The zero-order chi connectivity index (χ0) is 17.1. The Kier molecular flexibility index (Phi) is 6.89. The summed E-state index contributed by atoms with van der Waals surface area (Å²) in [5, 5.41) is 3.36. The molecule has 2 aliphatic heterocycles. The number of nitrogens with zero attached hydrogens (tertiary/aromatic N) is 1. The minimum absolute atomic E-state index is 0. The SMILES string of the molecule is Cl.NCCOc1ccc(Cl)cc1C(=O)N1C[C@H]2COC[C@@H](C1)C(=O)N2.